The van der Waals surface area contributed by atoms with Crippen LogP contribution in [0.4, 0.5) is 5.69 Å². The van der Waals surface area contributed by atoms with E-state index in [1.807, 2.05) is 45.0 Å². The summed E-state index contributed by atoms with van der Waals surface area (Å²) in [6.45, 7) is 5.94. The molecule has 0 fully saturated rings. The van der Waals surface area contributed by atoms with Crippen molar-refractivity contribution < 1.29 is 0 Å². The molecule has 0 radical (unpaired) electrons. The second kappa shape index (κ2) is 4.75. The zero-order valence-corrected chi connectivity index (χ0v) is 11.0. The van der Waals surface area contributed by atoms with Crippen molar-refractivity contribution in [1.82, 2.24) is 9.97 Å². The number of rotatable bonds is 2. The maximum atomic E-state index is 6.03. The van der Waals surface area contributed by atoms with Gasteiger partial charge in [0.2, 0.25) is 0 Å². The fourth-order valence-electron chi connectivity index (χ4n) is 1.58. The second-order valence-electron chi connectivity index (χ2n) is 4.02. The largest absolute Gasteiger partial charge is 0.398 e. The normalized spacial score (nSPS) is 10.5. The van der Waals surface area contributed by atoms with Crippen LogP contribution in [0.25, 0.3) is 0 Å². The highest BCUT2D eigenvalue weighted by Gasteiger charge is 2.06. The molecule has 1 heterocycles. The molecule has 1 aromatic carbocycles. The fourth-order valence-corrected chi connectivity index (χ4v) is 2.57. The first-order valence-corrected chi connectivity index (χ1v) is 6.23. The molecule has 0 spiro atoms. The zero-order valence-electron chi connectivity index (χ0n) is 10.2. The Morgan fingerprint density at radius 1 is 1.06 bits per heavy atom. The smallest absolute Gasteiger partial charge is 0.192 e. The Morgan fingerprint density at radius 2 is 1.71 bits per heavy atom. The molecule has 0 saturated carbocycles. The molecule has 0 unspecified atom stereocenters. The van der Waals surface area contributed by atoms with E-state index in [0.717, 1.165) is 32.7 Å². The minimum absolute atomic E-state index is 0.750. The van der Waals surface area contributed by atoms with Crippen LogP contribution in [-0.4, -0.2) is 9.97 Å². The Morgan fingerprint density at radius 3 is 2.35 bits per heavy atom. The van der Waals surface area contributed by atoms with Crippen LogP contribution in [-0.2, 0) is 0 Å². The zero-order chi connectivity index (χ0) is 12.4. The van der Waals surface area contributed by atoms with Gasteiger partial charge in [-0.2, -0.15) is 0 Å². The second-order valence-corrected chi connectivity index (χ2v) is 5.03. The third-order valence-electron chi connectivity index (χ3n) is 2.45. The van der Waals surface area contributed by atoms with Crippen molar-refractivity contribution in [1.29, 1.82) is 0 Å². The van der Waals surface area contributed by atoms with E-state index < -0.39 is 0 Å². The van der Waals surface area contributed by atoms with E-state index >= 15 is 0 Å². The lowest BCUT2D eigenvalue weighted by Crippen LogP contribution is -1.95. The van der Waals surface area contributed by atoms with Crippen molar-refractivity contribution in [2.45, 2.75) is 30.8 Å². The number of aromatic nitrogens is 2. The van der Waals surface area contributed by atoms with Gasteiger partial charge >= 0.3 is 0 Å². The Balaban J connectivity index is 2.34. The maximum Gasteiger partial charge on any atom is 0.192 e. The minimum atomic E-state index is 0.750. The monoisotopic (exact) mass is 245 g/mol. The van der Waals surface area contributed by atoms with Crippen molar-refractivity contribution in [3.63, 3.8) is 0 Å². The molecule has 0 atom stereocenters. The van der Waals surface area contributed by atoms with E-state index in [4.69, 9.17) is 5.73 Å². The Labute approximate surface area is 105 Å². The maximum absolute atomic E-state index is 6.03. The molecule has 0 aliphatic heterocycles. The predicted molar refractivity (Wildman–Crippen MR) is 71.2 cm³/mol. The van der Waals surface area contributed by atoms with Crippen LogP contribution in [0.3, 0.4) is 0 Å². The van der Waals surface area contributed by atoms with Gasteiger partial charge in [-0.1, -0.05) is 12.1 Å². The third-order valence-corrected chi connectivity index (χ3v) is 3.39. The molecule has 0 aliphatic rings. The number of nitrogens with zero attached hydrogens (tertiary/aromatic N) is 2. The molecule has 88 valence electrons. The average molecular weight is 245 g/mol. The lowest BCUT2D eigenvalue weighted by atomic mass is 10.2. The van der Waals surface area contributed by atoms with Crippen LogP contribution in [0.5, 0.6) is 0 Å². The Kier molecular flexibility index (Phi) is 3.33. The van der Waals surface area contributed by atoms with E-state index in [-0.39, 0.29) is 0 Å². The van der Waals surface area contributed by atoms with Gasteiger partial charge in [-0.15, -0.1) is 0 Å². The van der Waals surface area contributed by atoms with Crippen LogP contribution in [0.1, 0.15) is 17.0 Å². The van der Waals surface area contributed by atoms with Crippen LogP contribution < -0.4 is 5.73 Å². The summed E-state index contributed by atoms with van der Waals surface area (Å²) in [6.07, 6.45) is 0. The number of hydrogen-bond donors (Lipinski definition) is 1. The lowest BCUT2D eigenvalue weighted by molar-refractivity contribution is 0.902. The number of hydrogen-bond acceptors (Lipinski definition) is 4. The predicted octanol–water partition coefficient (Wildman–Crippen LogP) is 3.14. The molecule has 2 aromatic rings. The molecule has 2 N–H and O–H groups in total. The Bertz CT molecular complexity index is 532. The lowest BCUT2D eigenvalue weighted by Gasteiger charge is -2.07. The van der Waals surface area contributed by atoms with E-state index in [0.29, 0.717) is 0 Å². The molecule has 0 amide bonds. The van der Waals surface area contributed by atoms with Crippen LogP contribution in [0.15, 0.2) is 34.3 Å². The highest BCUT2D eigenvalue weighted by molar-refractivity contribution is 7.99. The van der Waals surface area contributed by atoms with Gasteiger partial charge in [0, 0.05) is 22.0 Å². The van der Waals surface area contributed by atoms with Gasteiger partial charge in [0.25, 0.3) is 0 Å². The first-order valence-electron chi connectivity index (χ1n) is 5.41. The molecular weight excluding hydrogens is 230 g/mol. The summed E-state index contributed by atoms with van der Waals surface area (Å²) in [5.41, 5.74) is 9.87. The number of benzene rings is 1. The minimum Gasteiger partial charge on any atom is -0.398 e. The first-order chi connectivity index (χ1) is 8.06. The van der Waals surface area contributed by atoms with E-state index in [1.165, 1.54) is 11.8 Å². The highest BCUT2D eigenvalue weighted by Crippen LogP contribution is 2.31. The highest BCUT2D eigenvalue weighted by atomic mass is 32.2. The van der Waals surface area contributed by atoms with Gasteiger partial charge in [-0.3, -0.25) is 0 Å². The van der Waals surface area contributed by atoms with Crippen molar-refractivity contribution in [2.75, 3.05) is 5.73 Å². The van der Waals surface area contributed by atoms with Gasteiger partial charge in [0.1, 0.15) is 0 Å². The molecule has 1 aromatic heterocycles. The number of anilines is 1. The molecule has 4 heteroatoms. The van der Waals surface area contributed by atoms with Crippen molar-refractivity contribution in [3.8, 4) is 0 Å². The SMILES string of the molecule is Cc1cc(C)nc(Sc2cccc(C)c2N)n1. The summed E-state index contributed by atoms with van der Waals surface area (Å²) >= 11 is 1.51. The topological polar surface area (TPSA) is 51.8 Å². The summed E-state index contributed by atoms with van der Waals surface area (Å²) in [5, 5.41) is 0.750. The van der Waals surface area contributed by atoms with Gasteiger partial charge in [-0.25, -0.2) is 9.97 Å². The average Bonchev–Trinajstić information content (AvgIpc) is 2.23. The quantitative estimate of drug-likeness (QED) is 0.652. The first kappa shape index (κ1) is 11.9. The number of nitrogen functional groups attached to an aromatic ring is 1. The summed E-state index contributed by atoms with van der Waals surface area (Å²) in [7, 11) is 0. The molecule has 3 nitrogen and oxygen atoms in total. The van der Waals surface area contributed by atoms with Gasteiger partial charge in [-0.05, 0) is 50.2 Å². The summed E-state index contributed by atoms with van der Waals surface area (Å²) in [5.74, 6) is 0. The van der Waals surface area contributed by atoms with Crippen molar-refractivity contribution in [3.05, 3.63) is 41.2 Å². The molecule has 2 rings (SSSR count). The number of nitrogens with two attached hydrogens (primary N) is 1. The van der Waals surface area contributed by atoms with Crippen LogP contribution >= 0.6 is 11.8 Å². The molecule has 0 bridgehead atoms. The fraction of sp³-hybridized carbons (Fsp3) is 0.231. The summed E-state index contributed by atoms with van der Waals surface area (Å²) < 4.78 is 0. The molecule has 0 saturated heterocycles. The number of para-hydroxylation sites is 1. The van der Waals surface area contributed by atoms with Crippen LogP contribution in [0, 0.1) is 20.8 Å². The van der Waals surface area contributed by atoms with Crippen molar-refractivity contribution in [2.24, 2.45) is 0 Å². The van der Waals surface area contributed by atoms with E-state index in [1.54, 1.807) is 0 Å². The number of aryl methyl sites for hydroxylation is 3. The molecular formula is C13H15N3S. The Hall–Kier alpha value is -1.55. The molecule has 0 aliphatic carbocycles. The standard InChI is InChI=1S/C13H15N3S/c1-8-5-4-6-11(12(8)14)17-13-15-9(2)7-10(3)16-13/h4-7H,14H2,1-3H3. The molecule has 17 heavy (non-hydrogen) atoms. The van der Waals surface area contributed by atoms with E-state index in [9.17, 15) is 0 Å². The summed E-state index contributed by atoms with van der Waals surface area (Å²) in [6, 6.07) is 7.95. The van der Waals surface area contributed by atoms with Gasteiger partial charge in [0.15, 0.2) is 5.16 Å². The van der Waals surface area contributed by atoms with Crippen molar-refractivity contribution >= 4 is 17.4 Å². The van der Waals surface area contributed by atoms with Gasteiger partial charge < -0.3 is 5.73 Å². The third kappa shape index (κ3) is 2.77. The van der Waals surface area contributed by atoms with Crippen LogP contribution in [0.2, 0.25) is 0 Å². The van der Waals surface area contributed by atoms with E-state index in [2.05, 4.69) is 9.97 Å². The summed E-state index contributed by atoms with van der Waals surface area (Å²) in [4.78, 5) is 9.80. The van der Waals surface area contributed by atoms with Gasteiger partial charge in [0.05, 0.1) is 0 Å².